The maximum Gasteiger partial charge on any atom is 0.351 e. The summed E-state index contributed by atoms with van der Waals surface area (Å²) in [5.74, 6) is 0.139. The van der Waals surface area contributed by atoms with E-state index in [0.717, 1.165) is 0 Å². The second-order valence-corrected chi connectivity index (χ2v) is 18.7. The number of ether oxygens (including phenoxy) is 1. The van der Waals surface area contributed by atoms with Crippen LogP contribution in [0.15, 0.2) is 17.1 Å². The van der Waals surface area contributed by atoms with Crippen molar-refractivity contribution in [1.29, 1.82) is 0 Å². The zero-order valence-corrected chi connectivity index (χ0v) is 22.0. The first-order valence-corrected chi connectivity index (χ1v) is 15.2. The zero-order valence-electron chi connectivity index (χ0n) is 21.0. The highest BCUT2D eigenvalue weighted by Gasteiger charge is 2.60. The van der Waals surface area contributed by atoms with E-state index in [9.17, 15) is 4.79 Å². The molecule has 0 amide bonds. The molecule has 4 atom stereocenters. The van der Waals surface area contributed by atoms with Gasteiger partial charge in [-0.1, -0.05) is 55.4 Å². The number of nitrogens with two attached hydrogens (primary N) is 1. The fourth-order valence-electron chi connectivity index (χ4n) is 4.75. The van der Waals surface area contributed by atoms with Gasteiger partial charge in [0.05, 0.1) is 12.7 Å². The highest BCUT2D eigenvalue weighted by molar-refractivity contribution is 6.83. The van der Waals surface area contributed by atoms with Crippen LogP contribution in [0.1, 0.15) is 69.4 Å². The number of fused-ring (bicyclic) bond motifs is 1. The van der Waals surface area contributed by atoms with Crippen LogP contribution in [0.3, 0.4) is 0 Å². The molecule has 2 aliphatic heterocycles. The van der Waals surface area contributed by atoms with Crippen LogP contribution in [0.25, 0.3) is 0 Å². The van der Waals surface area contributed by atoms with Gasteiger partial charge in [0.25, 0.3) is 0 Å². The number of aromatic nitrogens is 2. The molecule has 0 aromatic carbocycles. The standard InChI is InChI=1S/C21H39N3O5Si2/c1-13(2)30(14(3)4)26-12-18-17(28-31(29-30,15(5)6)16(7)8)11-20(27-18)24-10-9-19(22)23-21(24)25/h9-10,13-18,20H,11-12H2,1-8H3,(H2,22,23,25)/t17-,18-,20-/m1/s1/i11D/t11-,17-,18-,20-. The fraction of sp³-hybridized carbons (Fsp3) is 0.810. The molecule has 31 heavy (non-hydrogen) atoms. The quantitative estimate of drug-likeness (QED) is 0.648. The minimum Gasteiger partial charge on any atom is -0.414 e. The molecule has 0 radical (unpaired) electrons. The first-order chi connectivity index (χ1) is 14.9. The average molecular weight is 471 g/mol. The SMILES string of the molecule is [2H][C@@H]1[C@H]2O[Si](C(C)C)(C(C)C)O[Si](C(C)C)(C(C)C)OC[C@H]2O[C@H]1n1ccc(N)nc1=O. The van der Waals surface area contributed by atoms with Gasteiger partial charge in [-0.2, -0.15) is 4.98 Å². The molecule has 2 fully saturated rings. The normalized spacial score (nSPS) is 31.0. The van der Waals surface area contributed by atoms with E-state index < -0.39 is 47.6 Å². The molecule has 176 valence electrons. The van der Waals surface area contributed by atoms with Crippen LogP contribution in [0.5, 0.6) is 0 Å². The van der Waals surface area contributed by atoms with Crippen molar-refractivity contribution >= 4 is 22.9 Å². The molecule has 2 saturated heterocycles. The number of hydrogen-bond acceptors (Lipinski definition) is 7. The molecule has 2 aliphatic rings. The summed E-state index contributed by atoms with van der Waals surface area (Å²) in [6, 6.07) is 1.54. The van der Waals surface area contributed by atoms with Crippen molar-refractivity contribution in [2.75, 3.05) is 12.3 Å². The van der Waals surface area contributed by atoms with Gasteiger partial charge in [0.15, 0.2) is 0 Å². The van der Waals surface area contributed by atoms with E-state index in [-0.39, 0.29) is 34.6 Å². The van der Waals surface area contributed by atoms with Gasteiger partial charge in [-0.3, -0.25) is 4.57 Å². The average Bonchev–Trinajstić information content (AvgIpc) is 2.96. The summed E-state index contributed by atoms with van der Waals surface area (Å²) in [5.41, 5.74) is 5.86. The Morgan fingerprint density at radius 2 is 1.65 bits per heavy atom. The molecule has 0 spiro atoms. The third kappa shape index (κ3) is 4.42. The lowest BCUT2D eigenvalue weighted by Gasteiger charge is -2.51. The number of anilines is 1. The van der Waals surface area contributed by atoms with Crippen molar-refractivity contribution in [1.82, 2.24) is 9.55 Å². The summed E-state index contributed by atoms with van der Waals surface area (Å²) in [6.45, 7) is 17.5. The van der Waals surface area contributed by atoms with Gasteiger partial charge in [0.1, 0.15) is 18.1 Å². The molecule has 10 heteroatoms. The third-order valence-electron chi connectivity index (χ3n) is 6.49. The van der Waals surface area contributed by atoms with Gasteiger partial charge in [0, 0.05) is 14.0 Å². The monoisotopic (exact) mass is 470 g/mol. The van der Waals surface area contributed by atoms with Crippen molar-refractivity contribution in [3.63, 3.8) is 0 Å². The summed E-state index contributed by atoms with van der Waals surface area (Å²) in [4.78, 5) is 16.3. The van der Waals surface area contributed by atoms with Crippen LogP contribution in [-0.4, -0.2) is 45.5 Å². The molecule has 0 bridgehead atoms. The van der Waals surface area contributed by atoms with Crippen molar-refractivity contribution in [2.24, 2.45) is 0 Å². The number of rotatable bonds is 5. The van der Waals surface area contributed by atoms with Gasteiger partial charge in [-0.15, -0.1) is 0 Å². The predicted molar refractivity (Wildman–Crippen MR) is 125 cm³/mol. The largest absolute Gasteiger partial charge is 0.414 e. The minimum atomic E-state index is -2.85. The summed E-state index contributed by atoms with van der Waals surface area (Å²) in [5, 5.41) is 0. The predicted octanol–water partition coefficient (Wildman–Crippen LogP) is 4.07. The van der Waals surface area contributed by atoms with Crippen molar-refractivity contribution < 1.29 is 19.1 Å². The highest BCUT2D eigenvalue weighted by atomic mass is 28.5. The maximum atomic E-state index is 12.5. The molecule has 0 unspecified atom stereocenters. The Balaban J connectivity index is 2.07. The lowest BCUT2D eigenvalue weighted by molar-refractivity contribution is -0.0565. The lowest BCUT2D eigenvalue weighted by atomic mass is 10.2. The van der Waals surface area contributed by atoms with Crippen LogP contribution < -0.4 is 11.4 Å². The van der Waals surface area contributed by atoms with E-state index in [0.29, 0.717) is 0 Å². The second-order valence-electron chi connectivity index (χ2n) is 9.86. The van der Waals surface area contributed by atoms with Crippen molar-refractivity contribution in [2.45, 2.75) is 102 Å². The Hall–Kier alpha value is -1.05. The maximum absolute atomic E-state index is 12.5. The third-order valence-corrected chi connectivity index (χ3v) is 16.7. The highest BCUT2D eigenvalue weighted by Crippen LogP contribution is 2.48. The van der Waals surface area contributed by atoms with E-state index in [4.69, 9.17) is 24.8 Å². The number of nitrogens with zero attached hydrogens (tertiary/aromatic N) is 2. The van der Waals surface area contributed by atoms with Crippen LogP contribution in [-0.2, 0) is 17.7 Å². The number of hydrogen-bond donors (Lipinski definition) is 1. The molecule has 3 heterocycles. The van der Waals surface area contributed by atoms with Crippen LogP contribution in [0.4, 0.5) is 5.82 Å². The molecular weight excluding hydrogens is 430 g/mol. The molecule has 0 saturated carbocycles. The molecule has 1 aromatic rings. The smallest absolute Gasteiger partial charge is 0.351 e. The topological polar surface area (TPSA) is 97.8 Å². The Morgan fingerprint density at radius 1 is 1.06 bits per heavy atom. The van der Waals surface area contributed by atoms with Crippen LogP contribution in [0.2, 0.25) is 22.2 Å². The minimum absolute atomic E-state index is 0.139. The van der Waals surface area contributed by atoms with Crippen LogP contribution >= 0.6 is 0 Å². The lowest BCUT2D eigenvalue weighted by Crippen LogP contribution is -2.65. The first kappa shape index (κ1) is 23.1. The molecule has 2 N–H and O–H groups in total. The molecular formula is C21H39N3O5Si2. The van der Waals surface area contributed by atoms with Gasteiger partial charge in [-0.25, -0.2) is 4.79 Å². The Kier molecular flexibility index (Phi) is 6.76. The Bertz CT molecular complexity index is 850. The Labute approximate surface area is 189 Å². The van der Waals surface area contributed by atoms with E-state index in [1.54, 1.807) is 0 Å². The first-order valence-electron chi connectivity index (χ1n) is 11.9. The van der Waals surface area contributed by atoms with E-state index in [1.165, 1.54) is 16.8 Å². The molecule has 8 nitrogen and oxygen atoms in total. The second kappa shape index (κ2) is 9.07. The van der Waals surface area contributed by atoms with E-state index >= 15 is 0 Å². The molecule has 0 aliphatic carbocycles. The number of nitrogen functional groups attached to an aromatic ring is 1. The van der Waals surface area contributed by atoms with Crippen molar-refractivity contribution in [3.8, 4) is 0 Å². The summed E-state index contributed by atoms with van der Waals surface area (Å²) in [6.07, 6.45) is -1.15. The molecule has 3 rings (SSSR count). The van der Waals surface area contributed by atoms with Gasteiger partial charge in [0.2, 0.25) is 0 Å². The van der Waals surface area contributed by atoms with E-state index in [1.807, 2.05) is 0 Å². The van der Waals surface area contributed by atoms with Gasteiger partial charge in [-0.05, 0) is 28.2 Å². The summed E-state index contributed by atoms with van der Waals surface area (Å²) in [7, 11) is -5.53. The summed E-state index contributed by atoms with van der Waals surface area (Å²) >= 11 is 0. The fourth-order valence-corrected chi connectivity index (χ4v) is 15.9. The van der Waals surface area contributed by atoms with E-state index in [2.05, 4.69) is 60.4 Å². The summed E-state index contributed by atoms with van der Waals surface area (Å²) < 4.78 is 37.3. The van der Waals surface area contributed by atoms with Crippen molar-refractivity contribution in [3.05, 3.63) is 22.7 Å². The molecule has 1 aromatic heterocycles. The Morgan fingerprint density at radius 3 is 2.16 bits per heavy atom. The van der Waals surface area contributed by atoms with Gasteiger partial charge < -0.3 is 23.4 Å². The van der Waals surface area contributed by atoms with Crippen LogP contribution in [0, 0.1) is 0 Å². The zero-order chi connectivity index (χ0) is 24.0. The van der Waals surface area contributed by atoms with Gasteiger partial charge >= 0.3 is 22.8 Å².